The second-order valence-electron chi connectivity index (χ2n) is 6.62. The molecule has 0 aliphatic rings. The summed E-state index contributed by atoms with van der Waals surface area (Å²) in [5, 5.41) is 12.3. The quantitative estimate of drug-likeness (QED) is 0.230. The standard InChI is InChI=1S/C24H18O6/c1-28-21-12-15(6-9-19(21)25)7-11-22(26)29-14-17-13-23(27)30-20-10-8-16-4-2-3-5-18(16)24(17)20/h2-13,25H,14H2,1H3. The van der Waals surface area contributed by atoms with E-state index in [0.717, 1.165) is 16.2 Å². The fourth-order valence-corrected chi connectivity index (χ4v) is 3.29. The highest BCUT2D eigenvalue weighted by Gasteiger charge is 2.11. The van der Waals surface area contributed by atoms with Crippen LogP contribution < -0.4 is 10.4 Å². The van der Waals surface area contributed by atoms with E-state index in [4.69, 9.17) is 13.9 Å². The van der Waals surface area contributed by atoms with E-state index >= 15 is 0 Å². The van der Waals surface area contributed by atoms with Crippen LogP contribution in [0.2, 0.25) is 0 Å². The number of esters is 1. The van der Waals surface area contributed by atoms with E-state index in [0.29, 0.717) is 22.5 Å². The van der Waals surface area contributed by atoms with Crippen molar-refractivity contribution in [3.05, 3.63) is 88.3 Å². The molecular weight excluding hydrogens is 384 g/mol. The smallest absolute Gasteiger partial charge is 0.336 e. The van der Waals surface area contributed by atoms with Crippen LogP contribution in [-0.4, -0.2) is 18.2 Å². The molecule has 6 nitrogen and oxygen atoms in total. The molecule has 0 bridgehead atoms. The number of benzene rings is 3. The van der Waals surface area contributed by atoms with Gasteiger partial charge in [0.1, 0.15) is 12.2 Å². The maximum Gasteiger partial charge on any atom is 0.336 e. The number of carbonyl (C=O) groups excluding carboxylic acids is 1. The van der Waals surface area contributed by atoms with Gasteiger partial charge in [-0.1, -0.05) is 36.4 Å². The minimum Gasteiger partial charge on any atom is -0.504 e. The van der Waals surface area contributed by atoms with Crippen LogP contribution in [0.4, 0.5) is 0 Å². The number of carbonyl (C=O) groups is 1. The molecule has 4 rings (SSSR count). The second-order valence-corrected chi connectivity index (χ2v) is 6.62. The second kappa shape index (κ2) is 8.13. The molecule has 0 atom stereocenters. The Morgan fingerprint density at radius 3 is 2.77 bits per heavy atom. The molecule has 0 saturated heterocycles. The van der Waals surface area contributed by atoms with Gasteiger partial charge in [-0.05, 0) is 40.6 Å². The van der Waals surface area contributed by atoms with Gasteiger partial charge in [-0.2, -0.15) is 0 Å². The van der Waals surface area contributed by atoms with Crippen molar-refractivity contribution in [2.24, 2.45) is 0 Å². The molecule has 6 heteroatoms. The summed E-state index contributed by atoms with van der Waals surface area (Å²) < 4.78 is 15.7. The van der Waals surface area contributed by atoms with E-state index in [2.05, 4.69) is 0 Å². The average Bonchev–Trinajstić information content (AvgIpc) is 2.76. The van der Waals surface area contributed by atoms with E-state index < -0.39 is 11.6 Å². The Labute approximate surface area is 171 Å². The third kappa shape index (κ3) is 3.89. The summed E-state index contributed by atoms with van der Waals surface area (Å²) in [7, 11) is 1.45. The van der Waals surface area contributed by atoms with Crippen LogP contribution in [0.25, 0.3) is 27.8 Å². The van der Waals surface area contributed by atoms with Crippen LogP contribution in [0, 0.1) is 0 Å². The van der Waals surface area contributed by atoms with Crippen LogP contribution in [-0.2, 0) is 16.1 Å². The van der Waals surface area contributed by atoms with Gasteiger partial charge in [0.15, 0.2) is 11.5 Å². The first-order chi connectivity index (χ1) is 14.5. The van der Waals surface area contributed by atoms with E-state index in [9.17, 15) is 14.7 Å². The zero-order valence-electron chi connectivity index (χ0n) is 16.1. The van der Waals surface area contributed by atoms with Crippen molar-refractivity contribution < 1.29 is 23.8 Å². The molecule has 1 heterocycles. The number of hydrogen-bond acceptors (Lipinski definition) is 6. The third-order valence-corrected chi connectivity index (χ3v) is 4.70. The molecule has 0 aliphatic heterocycles. The summed E-state index contributed by atoms with van der Waals surface area (Å²) in [6.07, 6.45) is 2.83. The molecule has 1 aromatic heterocycles. The lowest BCUT2D eigenvalue weighted by Crippen LogP contribution is -2.06. The minimum absolute atomic E-state index is 0.0132. The molecule has 0 spiro atoms. The molecule has 0 aliphatic carbocycles. The third-order valence-electron chi connectivity index (χ3n) is 4.70. The maximum atomic E-state index is 12.2. The first kappa shape index (κ1) is 19.3. The van der Waals surface area contributed by atoms with Crippen molar-refractivity contribution in [2.75, 3.05) is 7.11 Å². The summed E-state index contributed by atoms with van der Waals surface area (Å²) in [6.45, 7) is -0.0713. The van der Waals surface area contributed by atoms with Crippen molar-refractivity contribution in [2.45, 2.75) is 6.61 Å². The molecule has 1 N–H and O–H groups in total. The molecule has 0 radical (unpaired) electrons. The van der Waals surface area contributed by atoms with Gasteiger partial charge in [0.2, 0.25) is 0 Å². The molecule has 4 aromatic rings. The molecule has 0 unspecified atom stereocenters. The van der Waals surface area contributed by atoms with Crippen LogP contribution in [0.3, 0.4) is 0 Å². The number of ether oxygens (including phenoxy) is 2. The van der Waals surface area contributed by atoms with Gasteiger partial charge in [-0.25, -0.2) is 9.59 Å². The maximum absolute atomic E-state index is 12.2. The van der Waals surface area contributed by atoms with Crippen molar-refractivity contribution in [3.8, 4) is 11.5 Å². The van der Waals surface area contributed by atoms with E-state index in [1.54, 1.807) is 24.3 Å². The summed E-state index contributed by atoms with van der Waals surface area (Å²) in [5.41, 5.74) is 1.18. The summed E-state index contributed by atoms with van der Waals surface area (Å²) >= 11 is 0. The van der Waals surface area contributed by atoms with Gasteiger partial charge < -0.3 is 19.0 Å². The van der Waals surface area contributed by atoms with Crippen molar-refractivity contribution in [1.82, 2.24) is 0 Å². The topological polar surface area (TPSA) is 86.0 Å². The van der Waals surface area contributed by atoms with Gasteiger partial charge in [0.25, 0.3) is 0 Å². The predicted octanol–water partition coefficient (Wildman–Crippen LogP) is 4.42. The summed E-state index contributed by atoms with van der Waals surface area (Å²) in [6, 6.07) is 17.4. The van der Waals surface area contributed by atoms with E-state index in [1.165, 1.54) is 25.3 Å². The highest BCUT2D eigenvalue weighted by molar-refractivity contribution is 6.07. The molecule has 0 fully saturated rings. The van der Waals surface area contributed by atoms with Gasteiger partial charge in [0, 0.05) is 23.1 Å². The highest BCUT2D eigenvalue weighted by atomic mass is 16.5. The number of methoxy groups -OCH3 is 1. The molecule has 3 aromatic carbocycles. The van der Waals surface area contributed by atoms with E-state index in [-0.39, 0.29) is 12.4 Å². The highest BCUT2D eigenvalue weighted by Crippen LogP contribution is 2.28. The lowest BCUT2D eigenvalue weighted by Gasteiger charge is -2.09. The SMILES string of the molecule is COc1cc(C=CC(=O)OCc2cc(=O)oc3ccc4ccccc4c23)ccc1O. The van der Waals surface area contributed by atoms with Crippen LogP contribution in [0.1, 0.15) is 11.1 Å². The number of fused-ring (bicyclic) bond motifs is 3. The summed E-state index contributed by atoms with van der Waals surface area (Å²) in [5.74, 6) is -0.247. The lowest BCUT2D eigenvalue weighted by atomic mass is 10.0. The Hall–Kier alpha value is -4.06. The lowest BCUT2D eigenvalue weighted by molar-refractivity contribution is -0.138. The number of phenols is 1. The fourth-order valence-electron chi connectivity index (χ4n) is 3.29. The monoisotopic (exact) mass is 402 g/mol. The first-order valence-corrected chi connectivity index (χ1v) is 9.21. The largest absolute Gasteiger partial charge is 0.504 e. The Kier molecular flexibility index (Phi) is 5.22. The number of phenolic OH excluding ortho intramolecular Hbond substituents is 1. The average molecular weight is 402 g/mol. The number of hydrogen-bond donors (Lipinski definition) is 1. The molecule has 0 saturated carbocycles. The Morgan fingerprint density at radius 1 is 1.10 bits per heavy atom. The number of rotatable bonds is 5. The van der Waals surface area contributed by atoms with Gasteiger partial charge >= 0.3 is 11.6 Å². The Bertz CT molecular complexity index is 1330. The van der Waals surface area contributed by atoms with Crippen molar-refractivity contribution in [1.29, 1.82) is 0 Å². The van der Waals surface area contributed by atoms with Crippen LogP contribution in [0.15, 0.2) is 76.0 Å². The molecule has 30 heavy (non-hydrogen) atoms. The van der Waals surface area contributed by atoms with Gasteiger partial charge in [0.05, 0.1) is 7.11 Å². The molecular formula is C24H18O6. The van der Waals surface area contributed by atoms with Gasteiger partial charge in [-0.3, -0.25) is 0 Å². The first-order valence-electron chi connectivity index (χ1n) is 9.21. The van der Waals surface area contributed by atoms with Crippen LogP contribution >= 0.6 is 0 Å². The minimum atomic E-state index is -0.566. The van der Waals surface area contributed by atoms with E-state index in [1.807, 2.05) is 30.3 Å². The predicted molar refractivity (Wildman–Crippen MR) is 113 cm³/mol. The Balaban J connectivity index is 1.58. The number of aromatic hydroxyl groups is 1. The normalized spacial score (nSPS) is 11.2. The Morgan fingerprint density at radius 2 is 1.93 bits per heavy atom. The van der Waals surface area contributed by atoms with Crippen molar-refractivity contribution in [3.63, 3.8) is 0 Å². The molecule has 0 amide bonds. The zero-order chi connectivity index (χ0) is 21.1. The summed E-state index contributed by atoms with van der Waals surface area (Å²) in [4.78, 5) is 24.1. The zero-order valence-corrected chi connectivity index (χ0v) is 16.1. The fraction of sp³-hybridized carbons (Fsp3) is 0.0833. The van der Waals surface area contributed by atoms with Gasteiger partial charge in [-0.15, -0.1) is 0 Å². The van der Waals surface area contributed by atoms with Crippen molar-refractivity contribution >= 4 is 33.8 Å². The van der Waals surface area contributed by atoms with Crippen LogP contribution in [0.5, 0.6) is 11.5 Å². The molecule has 150 valence electrons.